The number of anilines is 1. The quantitative estimate of drug-likeness (QED) is 0.519. The molecule has 0 aliphatic heterocycles. The number of benzene rings is 3. The second-order valence-electron chi connectivity index (χ2n) is 6.96. The molecule has 1 unspecified atom stereocenters. The summed E-state index contributed by atoms with van der Waals surface area (Å²) in [5, 5.41) is 3.14. The molecular weight excluding hydrogens is 420 g/mol. The van der Waals surface area contributed by atoms with E-state index in [1.807, 2.05) is 44.2 Å². The summed E-state index contributed by atoms with van der Waals surface area (Å²) < 4.78 is 27.6. The zero-order valence-electron chi connectivity index (χ0n) is 16.7. The predicted octanol–water partition coefficient (Wildman–Crippen LogP) is 5.33. The van der Waals surface area contributed by atoms with Crippen LogP contribution in [-0.2, 0) is 10.0 Å². The van der Waals surface area contributed by atoms with Crippen molar-refractivity contribution in [1.82, 2.24) is 5.32 Å². The molecule has 1 atom stereocenters. The number of carbonyl (C=O) groups is 1. The van der Waals surface area contributed by atoms with E-state index in [2.05, 4.69) is 10.0 Å². The first-order valence-electron chi connectivity index (χ1n) is 9.55. The minimum absolute atomic E-state index is 0.144. The monoisotopic (exact) mass is 442 g/mol. The summed E-state index contributed by atoms with van der Waals surface area (Å²) in [7, 11) is -3.75. The minimum atomic E-state index is -3.75. The van der Waals surface area contributed by atoms with Crippen molar-refractivity contribution in [1.29, 1.82) is 0 Å². The molecule has 0 saturated heterocycles. The number of amides is 1. The Hall–Kier alpha value is -2.83. The molecule has 156 valence electrons. The summed E-state index contributed by atoms with van der Waals surface area (Å²) in [5.74, 6) is -0.316. The molecule has 7 heteroatoms. The zero-order valence-corrected chi connectivity index (χ0v) is 18.3. The van der Waals surface area contributed by atoms with Gasteiger partial charge < -0.3 is 5.32 Å². The van der Waals surface area contributed by atoms with Crippen molar-refractivity contribution in [3.05, 3.63) is 94.5 Å². The Morgan fingerprint density at radius 2 is 1.67 bits per heavy atom. The van der Waals surface area contributed by atoms with Gasteiger partial charge in [-0.2, -0.15) is 0 Å². The third kappa shape index (κ3) is 5.20. The van der Waals surface area contributed by atoms with Crippen LogP contribution in [0.2, 0.25) is 5.02 Å². The van der Waals surface area contributed by atoms with Crippen LogP contribution < -0.4 is 10.0 Å². The smallest absolute Gasteiger partial charge is 0.261 e. The Labute approximate surface area is 182 Å². The van der Waals surface area contributed by atoms with Crippen LogP contribution in [0.25, 0.3) is 0 Å². The number of aryl methyl sites for hydroxylation is 1. The van der Waals surface area contributed by atoms with Crippen LogP contribution in [0.4, 0.5) is 5.69 Å². The first kappa shape index (κ1) is 21.9. The molecule has 30 heavy (non-hydrogen) atoms. The fourth-order valence-corrected chi connectivity index (χ4v) is 4.35. The predicted molar refractivity (Wildman–Crippen MR) is 120 cm³/mol. The molecule has 0 aromatic heterocycles. The lowest BCUT2D eigenvalue weighted by Gasteiger charge is -2.18. The van der Waals surface area contributed by atoms with E-state index >= 15 is 0 Å². The number of hydrogen-bond acceptors (Lipinski definition) is 3. The molecule has 5 nitrogen and oxygen atoms in total. The Balaban J connectivity index is 1.76. The average molecular weight is 443 g/mol. The Morgan fingerprint density at radius 1 is 1.00 bits per heavy atom. The van der Waals surface area contributed by atoms with E-state index in [4.69, 9.17) is 11.6 Å². The summed E-state index contributed by atoms with van der Waals surface area (Å²) in [5.41, 5.74) is 2.54. The first-order chi connectivity index (χ1) is 14.3. The number of sulfonamides is 1. The van der Waals surface area contributed by atoms with Gasteiger partial charge in [0.1, 0.15) is 0 Å². The molecule has 0 aliphatic rings. The van der Waals surface area contributed by atoms with Gasteiger partial charge in [-0.05, 0) is 49.2 Å². The normalized spacial score (nSPS) is 12.2. The van der Waals surface area contributed by atoms with Gasteiger partial charge in [0.15, 0.2) is 0 Å². The topological polar surface area (TPSA) is 75.3 Å². The summed E-state index contributed by atoms with van der Waals surface area (Å²) in [6, 6.07) is 20.5. The van der Waals surface area contributed by atoms with Gasteiger partial charge in [0, 0.05) is 0 Å². The first-order valence-corrected chi connectivity index (χ1v) is 11.4. The SMILES string of the molecule is CCC(NC(=O)c1ccc(NS(=O)(=O)c2ccc(C)cc2)cc1Cl)c1ccccc1. The fourth-order valence-electron chi connectivity index (χ4n) is 3.04. The second kappa shape index (κ2) is 9.32. The highest BCUT2D eigenvalue weighted by atomic mass is 35.5. The molecule has 3 aromatic rings. The van der Waals surface area contributed by atoms with Gasteiger partial charge >= 0.3 is 0 Å². The van der Waals surface area contributed by atoms with E-state index in [1.54, 1.807) is 12.1 Å². The summed E-state index contributed by atoms with van der Waals surface area (Å²) in [4.78, 5) is 12.9. The van der Waals surface area contributed by atoms with Crippen molar-refractivity contribution in [3.63, 3.8) is 0 Å². The van der Waals surface area contributed by atoms with Crippen LogP contribution in [0.15, 0.2) is 77.7 Å². The van der Waals surface area contributed by atoms with E-state index in [-0.39, 0.29) is 33.1 Å². The van der Waals surface area contributed by atoms with Gasteiger partial charge in [-0.1, -0.05) is 66.6 Å². The summed E-state index contributed by atoms with van der Waals surface area (Å²) in [6.45, 7) is 3.87. The molecular formula is C23H23ClN2O3S. The van der Waals surface area contributed by atoms with Crippen LogP contribution in [-0.4, -0.2) is 14.3 Å². The highest BCUT2D eigenvalue weighted by Crippen LogP contribution is 2.25. The third-order valence-corrected chi connectivity index (χ3v) is 6.42. The molecule has 0 aliphatic carbocycles. The minimum Gasteiger partial charge on any atom is -0.345 e. The van der Waals surface area contributed by atoms with Gasteiger partial charge in [0.2, 0.25) is 0 Å². The maximum absolute atomic E-state index is 12.7. The summed E-state index contributed by atoms with van der Waals surface area (Å²) in [6.07, 6.45) is 0.724. The van der Waals surface area contributed by atoms with E-state index in [9.17, 15) is 13.2 Å². The molecule has 0 bridgehead atoms. The molecule has 2 N–H and O–H groups in total. The molecule has 0 fully saturated rings. The zero-order chi connectivity index (χ0) is 21.7. The molecule has 0 spiro atoms. The number of carbonyl (C=O) groups excluding carboxylic acids is 1. The van der Waals surface area contributed by atoms with E-state index < -0.39 is 10.0 Å². The number of halogens is 1. The van der Waals surface area contributed by atoms with Gasteiger partial charge in [-0.25, -0.2) is 8.42 Å². The van der Waals surface area contributed by atoms with E-state index in [0.29, 0.717) is 0 Å². The highest BCUT2D eigenvalue weighted by Gasteiger charge is 2.18. The lowest BCUT2D eigenvalue weighted by atomic mass is 10.0. The van der Waals surface area contributed by atoms with E-state index in [0.717, 1.165) is 17.5 Å². The largest absolute Gasteiger partial charge is 0.345 e. The third-order valence-electron chi connectivity index (χ3n) is 4.71. The van der Waals surface area contributed by atoms with Crippen molar-refractivity contribution < 1.29 is 13.2 Å². The Bertz CT molecular complexity index is 1130. The summed E-state index contributed by atoms with van der Waals surface area (Å²) >= 11 is 6.30. The van der Waals surface area contributed by atoms with Gasteiger partial charge in [0.25, 0.3) is 15.9 Å². The maximum Gasteiger partial charge on any atom is 0.261 e. The van der Waals surface area contributed by atoms with Crippen LogP contribution in [0.5, 0.6) is 0 Å². The van der Waals surface area contributed by atoms with Crippen LogP contribution >= 0.6 is 11.6 Å². The van der Waals surface area contributed by atoms with Crippen molar-refractivity contribution in [2.45, 2.75) is 31.2 Å². The molecule has 0 saturated carbocycles. The highest BCUT2D eigenvalue weighted by molar-refractivity contribution is 7.92. The maximum atomic E-state index is 12.7. The van der Waals surface area contributed by atoms with Crippen molar-refractivity contribution in [3.8, 4) is 0 Å². The second-order valence-corrected chi connectivity index (χ2v) is 9.05. The van der Waals surface area contributed by atoms with Crippen LogP contribution in [0.1, 0.15) is 40.9 Å². The lowest BCUT2D eigenvalue weighted by Crippen LogP contribution is -2.28. The molecule has 3 aromatic carbocycles. The standard InChI is InChI=1S/C23H23ClN2O3S/c1-3-22(17-7-5-4-6-8-17)25-23(27)20-14-11-18(15-21(20)24)26-30(28,29)19-12-9-16(2)10-13-19/h4-15,22,26H,3H2,1-2H3,(H,25,27). The van der Waals surface area contributed by atoms with Gasteiger partial charge in [-0.15, -0.1) is 0 Å². The average Bonchev–Trinajstić information content (AvgIpc) is 2.72. The van der Waals surface area contributed by atoms with Crippen molar-refractivity contribution in [2.75, 3.05) is 4.72 Å². The molecule has 0 radical (unpaired) electrons. The molecule has 1 amide bonds. The van der Waals surface area contributed by atoms with Gasteiger partial charge in [-0.3, -0.25) is 9.52 Å². The van der Waals surface area contributed by atoms with Crippen LogP contribution in [0, 0.1) is 6.92 Å². The van der Waals surface area contributed by atoms with Crippen molar-refractivity contribution >= 4 is 33.2 Å². The molecule has 3 rings (SSSR count). The Morgan fingerprint density at radius 3 is 2.27 bits per heavy atom. The van der Waals surface area contributed by atoms with Gasteiger partial charge in [0.05, 0.1) is 27.2 Å². The number of hydrogen-bond donors (Lipinski definition) is 2. The fraction of sp³-hybridized carbons (Fsp3) is 0.174. The number of nitrogens with one attached hydrogen (secondary N) is 2. The van der Waals surface area contributed by atoms with Crippen LogP contribution in [0.3, 0.4) is 0 Å². The number of rotatable bonds is 7. The van der Waals surface area contributed by atoms with Crippen molar-refractivity contribution in [2.24, 2.45) is 0 Å². The lowest BCUT2D eigenvalue weighted by molar-refractivity contribution is 0.0935. The van der Waals surface area contributed by atoms with E-state index in [1.165, 1.54) is 30.3 Å². The molecule has 0 heterocycles. The Kier molecular flexibility index (Phi) is 6.80.